The maximum atomic E-state index is 6.30. The van der Waals surface area contributed by atoms with E-state index in [9.17, 15) is 0 Å². The summed E-state index contributed by atoms with van der Waals surface area (Å²) in [5, 5.41) is 2.50. The van der Waals surface area contributed by atoms with E-state index in [1.54, 1.807) is 0 Å². The predicted molar refractivity (Wildman–Crippen MR) is 102 cm³/mol. The second kappa shape index (κ2) is 7.73. The zero-order valence-corrected chi connectivity index (χ0v) is 14.9. The second-order valence-electron chi connectivity index (χ2n) is 7.14. The molecule has 2 aromatic rings. The Bertz CT molecular complexity index is 677. The lowest BCUT2D eigenvalue weighted by Crippen LogP contribution is -2.38. The fourth-order valence-electron chi connectivity index (χ4n) is 4.34. The van der Waals surface area contributed by atoms with Gasteiger partial charge in [0.1, 0.15) is 12.4 Å². The summed E-state index contributed by atoms with van der Waals surface area (Å²) in [7, 11) is 0. The molecule has 130 valence electrons. The third-order valence-electron chi connectivity index (χ3n) is 5.63. The van der Waals surface area contributed by atoms with Crippen molar-refractivity contribution in [2.24, 2.45) is 17.6 Å². The molecule has 1 aliphatic heterocycles. The molecule has 3 atom stereocenters. The molecule has 2 aliphatic rings. The number of nitrogens with two attached hydrogens (primary N) is 1. The normalized spacial score (nSPS) is 26.8. The molecule has 1 saturated carbocycles. The lowest BCUT2D eigenvalue weighted by molar-refractivity contribution is 0.230. The molecule has 2 aromatic carbocycles. The Morgan fingerprint density at radius 2 is 1.88 bits per heavy atom. The molecule has 0 radical (unpaired) electrons. The van der Waals surface area contributed by atoms with Crippen molar-refractivity contribution in [3.63, 3.8) is 0 Å². The summed E-state index contributed by atoms with van der Waals surface area (Å²) in [6, 6.07) is 15.2. The number of rotatable bonds is 4. The average molecular weight is 347 g/mol. The molecule has 1 aliphatic carbocycles. The van der Waals surface area contributed by atoms with Crippen LogP contribution in [0.3, 0.4) is 0 Å². The summed E-state index contributed by atoms with van der Waals surface area (Å²) >= 11 is 0. The highest BCUT2D eigenvalue weighted by Crippen LogP contribution is 2.35. The van der Waals surface area contributed by atoms with Crippen LogP contribution in [0.15, 0.2) is 42.5 Å². The summed E-state index contributed by atoms with van der Waals surface area (Å²) < 4.78 is 5.98. The van der Waals surface area contributed by atoms with E-state index in [1.807, 2.05) is 0 Å². The van der Waals surface area contributed by atoms with E-state index in [4.69, 9.17) is 10.5 Å². The SMILES string of the molecule is Cl.NC1CCCC2CN(CCOc3ccc4ccccc4c3)CC12. The van der Waals surface area contributed by atoms with Gasteiger partial charge >= 0.3 is 0 Å². The number of hydrogen-bond donors (Lipinski definition) is 1. The molecule has 3 nitrogen and oxygen atoms in total. The van der Waals surface area contributed by atoms with Crippen molar-refractivity contribution in [1.82, 2.24) is 4.90 Å². The number of likely N-dealkylation sites (tertiary alicyclic amines) is 1. The van der Waals surface area contributed by atoms with Crippen molar-refractivity contribution in [3.8, 4) is 5.75 Å². The zero-order chi connectivity index (χ0) is 15.6. The van der Waals surface area contributed by atoms with Gasteiger partial charge in [-0.3, -0.25) is 4.90 Å². The number of nitrogens with zero attached hydrogens (tertiary/aromatic N) is 1. The Labute approximate surface area is 150 Å². The van der Waals surface area contributed by atoms with E-state index in [2.05, 4.69) is 47.4 Å². The summed E-state index contributed by atoms with van der Waals surface area (Å²) in [5.74, 6) is 2.50. The van der Waals surface area contributed by atoms with Crippen molar-refractivity contribution in [2.45, 2.75) is 25.3 Å². The number of halogens is 1. The van der Waals surface area contributed by atoms with Crippen LogP contribution in [0.2, 0.25) is 0 Å². The molecule has 0 aromatic heterocycles. The van der Waals surface area contributed by atoms with Gasteiger partial charge in [-0.25, -0.2) is 0 Å². The van der Waals surface area contributed by atoms with Gasteiger partial charge in [0.2, 0.25) is 0 Å². The quantitative estimate of drug-likeness (QED) is 0.917. The van der Waals surface area contributed by atoms with Gasteiger partial charge in [0.05, 0.1) is 0 Å². The molecular formula is C20H27ClN2O. The van der Waals surface area contributed by atoms with Crippen LogP contribution >= 0.6 is 12.4 Å². The minimum Gasteiger partial charge on any atom is -0.492 e. The first kappa shape index (κ1) is 17.5. The molecule has 0 spiro atoms. The highest BCUT2D eigenvalue weighted by Gasteiger charge is 2.38. The van der Waals surface area contributed by atoms with Gasteiger partial charge in [0.15, 0.2) is 0 Å². The van der Waals surface area contributed by atoms with Crippen LogP contribution in [0.4, 0.5) is 0 Å². The van der Waals surface area contributed by atoms with Gasteiger partial charge in [0, 0.05) is 25.7 Å². The Hall–Kier alpha value is -1.29. The lowest BCUT2D eigenvalue weighted by Gasteiger charge is -2.29. The van der Waals surface area contributed by atoms with Crippen molar-refractivity contribution < 1.29 is 4.74 Å². The number of ether oxygens (including phenoxy) is 1. The van der Waals surface area contributed by atoms with E-state index < -0.39 is 0 Å². The first-order valence-corrected chi connectivity index (χ1v) is 8.89. The van der Waals surface area contributed by atoms with Crippen LogP contribution in [-0.2, 0) is 0 Å². The van der Waals surface area contributed by atoms with Crippen LogP contribution in [0.25, 0.3) is 10.8 Å². The molecule has 0 bridgehead atoms. The van der Waals surface area contributed by atoms with Crippen molar-refractivity contribution >= 4 is 23.2 Å². The molecule has 4 heteroatoms. The van der Waals surface area contributed by atoms with Crippen molar-refractivity contribution in [3.05, 3.63) is 42.5 Å². The van der Waals surface area contributed by atoms with Crippen molar-refractivity contribution in [2.75, 3.05) is 26.2 Å². The Kier molecular flexibility index (Phi) is 5.65. The van der Waals surface area contributed by atoms with E-state index >= 15 is 0 Å². The van der Waals surface area contributed by atoms with Gasteiger partial charge in [0.25, 0.3) is 0 Å². The Morgan fingerprint density at radius 3 is 2.71 bits per heavy atom. The number of hydrogen-bond acceptors (Lipinski definition) is 3. The average Bonchev–Trinajstić information content (AvgIpc) is 2.99. The Balaban J connectivity index is 0.00000169. The molecule has 3 unspecified atom stereocenters. The molecule has 2 N–H and O–H groups in total. The molecular weight excluding hydrogens is 320 g/mol. The maximum Gasteiger partial charge on any atom is 0.120 e. The summed E-state index contributed by atoms with van der Waals surface area (Å²) in [6.45, 7) is 4.13. The predicted octanol–water partition coefficient (Wildman–Crippen LogP) is 3.70. The third kappa shape index (κ3) is 3.69. The van der Waals surface area contributed by atoms with Gasteiger partial charge < -0.3 is 10.5 Å². The zero-order valence-electron chi connectivity index (χ0n) is 14.1. The Morgan fingerprint density at radius 1 is 1.04 bits per heavy atom. The largest absolute Gasteiger partial charge is 0.492 e. The minimum absolute atomic E-state index is 0. The molecule has 1 heterocycles. The van der Waals surface area contributed by atoms with Gasteiger partial charge in [-0.2, -0.15) is 0 Å². The fraction of sp³-hybridized carbons (Fsp3) is 0.500. The monoisotopic (exact) mass is 346 g/mol. The van der Waals surface area contributed by atoms with Gasteiger partial charge in [-0.15, -0.1) is 12.4 Å². The van der Waals surface area contributed by atoms with E-state index in [-0.39, 0.29) is 12.4 Å². The lowest BCUT2D eigenvalue weighted by atomic mass is 9.78. The highest BCUT2D eigenvalue weighted by atomic mass is 35.5. The first-order valence-electron chi connectivity index (χ1n) is 8.89. The van der Waals surface area contributed by atoms with E-state index in [1.165, 1.54) is 36.6 Å². The summed E-state index contributed by atoms with van der Waals surface area (Å²) in [6.07, 6.45) is 3.88. The van der Waals surface area contributed by atoms with Crippen molar-refractivity contribution in [1.29, 1.82) is 0 Å². The fourth-order valence-corrected chi connectivity index (χ4v) is 4.34. The first-order chi connectivity index (χ1) is 11.3. The standard InChI is InChI=1S/C20H26N2O.ClH/c21-20-7-3-6-17-13-22(14-19(17)20)10-11-23-18-9-8-15-4-1-2-5-16(15)12-18;/h1-2,4-5,8-9,12,17,19-20H,3,6-7,10-11,13-14,21H2;1H. The highest BCUT2D eigenvalue weighted by molar-refractivity contribution is 5.85. The van der Waals surface area contributed by atoms with Crippen LogP contribution in [-0.4, -0.2) is 37.2 Å². The minimum atomic E-state index is 0. The molecule has 1 saturated heterocycles. The van der Waals surface area contributed by atoms with Gasteiger partial charge in [-0.05, 0) is 47.6 Å². The van der Waals surface area contributed by atoms with Crippen LogP contribution < -0.4 is 10.5 Å². The summed E-state index contributed by atoms with van der Waals surface area (Å²) in [5.41, 5.74) is 6.30. The second-order valence-corrected chi connectivity index (χ2v) is 7.14. The van der Waals surface area contributed by atoms with E-state index in [0.717, 1.165) is 31.4 Å². The third-order valence-corrected chi connectivity index (χ3v) is 5.63. The van der Waals surface area contributed by atoms with E-state index in [0.29, 0.717) is 12.0 Å². The van der Waals surface area contributed by atoms with Crippen LogP contribution in [0.1, 0.15) is 19.3 Å². The number of benzene rings is 2. The van der Waals surface area contributed by atoms with Crippen LogP contribution in [0.5, 0.6) is 5.75 Å². The topological polar surface area (TPSA) is 38.5 Å². The maximum absolute atomic E-state index is 6.30. The number of fused-ring (bicyclic) bond motifs is 2. The summed E-state index contributed by atoms with van der Waals surface area (Å²) in [4.78, 5) is 2.54. The van der Waals surface area contributed by atoms with Crippen LogP contribution in [0, 0.1) is 11.8 Å². The van der Waals surface area contributed by atoms with Gasteiger partial charge in [-0.1, -0.05) is 36.8 Å². The molecule has 2 fully saturated rings. The molecule has 0 amide bonds. The smallest absolute Gasteiger partial charge is 0.120 e. The molecule has 24 heavy (non-hydrogen) atoms. The molecule has 4 rings (SSSR count).